The molecule has 0 bridgehead atoms. The van der Waals surface area contributed by atoms with Crippen molar-refractivity contribution < 1.29 is 27.5 Å². The quantitative estimate of drug-likeness (QED) is 0.451. The molecule has 4 N–H and O–H groups in total. The Balaban J connectivity index is 2.02. The minimum atomic E-state index is -3.85. The van der Waals surface area contributed by atoms with Gasteiger partial charge in [0.2, 0.25) is 10.0 Å². The molecule has 0 aromatic heterocycles. The number of ether oxygens (including phenoxy) is 1. The normalized spacial score (nSPS) is 13.2. The molecule has 2 amide bonds. The molecule has 172 valence electrons. The number of rotatable bonds is 8. The van der Waals surface area contributed by atoms with Crippen LogP contribution in [-0.2, 0) is 24.3 Å². The van der Waals surface area contributed by atoms with Crippen molar-refractivity contribution >= 4 is 49.4 Å². The zero-order valence-corrected chi connectivity index (χ0v) is 20.1. The fourth-order valence-electron chi connectivity index (χ4n) is 2.63. The molecule has 0 saturated carbocycles. The first-order chi connectivity index (χ1) is 14.9. The lowest BCUT2D eigenvalue weighted by Crippen LogP contribution is -2.47. The lowest BCUT2D eigenvalue weighted by molar-refractivity contribution is -0.156. The first kappa shape index (κ1) is 25.5. The number of hydrogen-bond donors (Lipinski definition) is 3. The van der Waals surface area contributed by atoms with E-state index in [0.717, 1.165) is 0 Å². The van der Waals surface area contributed by atoms with E-state index in [-0.39, 0.29) is 10.8 Å². The highest BCUT2D eigenvalue weighted by Crippen LogP contribution is 2.17. The number of hydrogen-bond acceptors (Lipinski definition) is 6. The number of carbonyl (C=O) groups is 3. The monoisotopic (exact) mass is 525 g/mol. The average Bonchev–Trinajstić information content (AvgIpc) is 2.71. The highest BCUT2D eigenvalue weighted by molar-refractivity contribution is 9.10. The maximum atomic E-state index is 12.6. The molecule has 2 aromatic rings. The van der Waals surface area contributed by atoms with Crippen LogP contribution in [0.5, 0.6) is 0 Å². The van der Waals surface area contributed by atoms with Crippen LogP contribution >= 0.6 is 15.9 Å². The number of carbonyl (C=O) groups excluding carboxylic acids is 3. The van der Waals surface area contributed by atoms with Gasteiger partial charge in [-0.3, -0.25) is 9.59 Å². The van der Waals surface area contributed by atoms with Crippen molar-refractivity contribution in [3.63, 3.8) is 0 Å². The van der Waals surface area contributed by atoms with Gasteiger partial charge in [0, 0.05) is 10.2 Å². The first-order valence-electron chi connectivity index (χ1n) is 9.59. The van der Waals surface area contributed by atoms with Gasteiger partial charge in [-0.15, -0.1) is 0 Å². The number of sulfonamides is 1. The van der Waals surface area contributed by atoms with Crippen LogP contribution in [0.15, 0.2) is 57.9 Å². The van der Waals surface area contributed by atoms with E-state index in [1.54, 1.807) is 38.1 Å². The molecule has 0 radical (unpaired) electrons. The van der Waals surface area contributed by atoms with Crippen molar-refractivity contribution in [3.05, 3.63) is 58.6 Å². The number of anilines is 1. The molecule has 0 heterocycles. The molecule has 0 aliphatic rings. The van der Waals surface area contributed by atoms with Crippen molar-refractivity contribution in [3.8, 4) is 0 Å². The third-order valence-electron chi connectivity index (χ3n) is 4.44. The number of nitrogens with two attached hydrogens (primary N) is 1. The maximum absolute atomic E-state index is 12.6. The van der Waals surface area contributed by atoms with E-state index in [2.05, 4.69) is 26.6 Å². The molecule has 0 aliphatic heterocycles. The lowest BCUT2D eigenvalue weighted by Gasteiger charge is -2.23. The van der Waals surface area contributed by atoms with Crippen LogP contribution in [0.1, 0.15) is 31.1 Å². The third kappa shape index (κ3) is 6.87. The Kier molecular flexibility index (Phi) is 8.53. The Morgan fingerprint density at radius 1 is 1.00 bits per heavy atom. The summed E-state index contributed by atoms with van der Waals surface area (Å²) in [7, 11) is -3.85. The van der Waals surface area contributed by atoms with E-state index in [1.807, 2.05) is 0 Å². The topological polar surface area (TPSA) is 145 Å². The van der Waals surface area contributed by atoms with Crippen LogP contribution in [-0.4, -0.2) is 38.3 Å². The molecule has 2 rings (SSSR count). The zero-order valence-electron chi connectivity index (χ0n) is 17.7. The van der Waals surface area contributed by atoms with Gasteiger partial charge in [-0.2, -0.15) is 0 Å². The van der Waals surface area contributed by atoms with E-state index < -0.39 is 40.0 Å². The van der Waals surface area contributed by atoms with Crippen LogP contribution in [0.2, 0.25) is 0 Å². The summed E-state index contributed by atoms with van der Waals surface area (Å²) in [6.07, 6.45) is -1.16. The van der Waals surface area contributed by atoms with Crippen LogP contribution in [0.3, 0.4) is 0 Å². The summed E-state index contributed by atoms with van der Waals surface area (Å²) in [6, 6.07) is 11.0. The summed E-state index contributed by atoms with van der Waals surface area (Å²) < 4.78 is 28.4. The molecule has 9 nitrogen and oxygen atoms in total. The van der Waals surface area contributed by atoms with Crippen LogP contribution in [0, 0.1) is 5.92 Å². The van der Waals surface area contributed by atoms with Gasteiger partial charge in [0.25, 0.3) is 11.8 Å². The van der Waals surface area contributed by atoms with Crippen molar-refractivity contribution in [2.24, 2.45) is 11.1 Å². The van der Waals surface area contributed by atoms with Gasteiger partial charge in [0.15, 0.2) is 6.10 Å². The molecule has 0 fully saturated rings. The molecular weight excluding hydrogens is 502 g/mol. The molecule has 2 atom stereocenters. The number of benzene rings is 2. The first-order valence-corrected chi connectivity index (χ1v) is 11.9. The number of primary sulfonamides is 1. The molecule has 2 aromatic carbocycles. The minimum Gasteiger partial charge on any atom is -0.451 e. The van der Waals surface area contributed by atoms with Crippen molar-refractivity contribution in [1.82, 2.24) is 5.32 Å². The summed E-state index contributed by atoms with van der Waals surface area (Å²) in [5.41, 5.74) is 0.660. The zero-order chi connectivity index (χ0) is 24.1. The Hall–Kier alpha value is -2.76. The van der Waals surface area contributed by atoms with Crippen molar-refractivity contribution in [1.29, 1.82) is 0 Å². The number of esters is 1. The summed E-state index contributed by atoms with van der Waals surface area (Å²) >= 11 is 3.30. The highest BCUT2D eigenvalue weighted by atomic mass is 79.9. The van der Waals surface area contributed by atoms with Crippen molar-refractivity contribution in [2.45, 2.75) is 37.8 Å². The van der Waals surface area contributed by atoms with Crippen LogP contribution in [0.25, 0.3) is 0 Å². The van der Waals surface area contributed by atoms with E-state index in [0.29, 0.717) is 15.7 Å². The van der Waals surface area contributed by atoms with Gasteiger partial charge in [0.05, 0.1) is 10.5 Å². The summed E-state index contributed by atoms with van der Waals surface area (Å²) in [4.78, 5) is 37.5. The van der Waals surface area contributed by atoms with Gasteiger partial charge in [-0.25, -0.2) is 18.4 Å². The second-order valence-electron chi connectivity index (χ2n) is 7.31. The summed E-state index contributed by atoms with van der Waals surface area (Å²) in [6.45, 7) is 4.87. The third-order valence-corrected chi connectivity index (χ3v) is 6.06. The van der Waals surface area contributed by atoms with Crippen LogP contribution < -0.4 is 15.8 Å². The largest absolute Gasteiger partial charge is 0.451 e. The maximum Gasteiger partial charge on any atom is 0.329 e. The SMILES string of the molecule is CC(OC(=O)[C@@H](NC(=O)c1ccccc1Br)C(C)C)C(=O)Nc1ccc(S(N)(=O)=O)cc1. The van der Waals surface area contributed by atoms with E-state index in [9.17, 15) is 22.8 Å². The second-order valence-corrected chi connectivity index (χ2v) is 9.73. The predicted octanol–water partition coefficient (Wildman–Crippen LogP) is 2.42. The van der Waals surface area contributed by atoms with Crippen molar-refractivity contribution in [2.75, 3.05) is 5.32 Å². The molecule has 0 saturated heterocycles. The number of halogens is 1. The molecule has 0 aliphatic carbocycles. The minimum absolute atomic E-state index is 0.101. The Bertz CT molecular complexity index is 1100. The smallest absolute Gasteiger partial charge is 0.329 e. The molecule has 11 heteroatoms. The van der Waals surface area contributed by atoms with Gasteiger partial charge >= 0.3 is 5.97 Å². The van der Waals surface area contributed by atoms with Gasteiger partial charge in [0.1, 0.15) is 6.04 Å². The number of nitrogens with one attached hydrogen (secondary N) is 2. The van der Waals surface area contributed by atoms with E-state index >= 15 is 0 Å². The standard InChI is InChI=1S/C21H24BrN3O6S/c1-12(2)18(25-20(27)16-6-4-5-7-17(16)22)21(28)31-13(3)19(26)24-14-8-10-15(11-9-14)32(23,29)30/h4-13,18H,1-3H3,(H,24,26)(H,25,27)(H2,23,29,30)/t13?,18-/m0/s1. The summed E-state index contributed by atoms with van der Waals surface area (Å²) in [5.74, 6) is -2.14. The Morgan fingerprint density at radius 2 is 1.59 bits per heavy atom. The van der Waals surface area contributed by atoms with Crippen LogP contribution in [0.4, 0.5) is 5.69 Å². The highest BCUT2D eigenvalue weighted by Gasteiger charge is 2.29. The Morgan fingerprint density at radius 3 is 2.12 bits per heavy atom. The fraction of sp³-hybridized carbons (Fsp3) is 0.286. The molecular formula is C21H24BrN3O6S. The molecule has 0 spiro atoms. The van der Waals surface area contributed by atoms with E-state index in [4.69, 9.17) is 9.88 Å². The van der Waals surface area contributed by atoms with Gasteiger partial charge in [-0.1, -0.05) is 26.0 Å². The summed E-state index contributed by atoms with van der Waals surface area (Å²) in [5, 5.41) is 10.2. The van der Waals surface area contributed by atoms with Gasteiger partial charge < -0.3 is 15.4 Å². The van der Waals surface area contributed by atoms with E-state index in [1.165, 1.54) is 31.2 Å². The lowest BCUT2D eigenvalue weighted by atomic mass is 10.0. The molecule has 32 heavy (non-hydrogen) atoms. The fourth-order valence-corrected chi connectivity index (χ4v) is 3.62. The van der Waals surface area contributed by atoms with Gasteiger partial charge in [-0.05, 0) is 65.2 Å². The second kappa shape index (κ2) is 10.7. The number of amides is 2. The Labute approximate surface area is 194 Å². The predicted molar refractivity (Wildman–Crippen MR) is 122 cm³/mol. The average molecular weight is 526 g/mol. The molecule has 1 unspecified atom stereocenters.